The van der Waals surface area contributed by atoms with E-state index in [2.05, 4.69) is 66.2 Å². The maximum Gasteiger partial charge on any atom is 0.261 e. The molecule has 0 amide bonds. The minimum Gasteiger partial charge on any atom is -0.381 e. The average Bonchev–Trinajstić information content (AvgIpc) is 3.65. The van der Waals surface area contributed by atoms with Gasteiger partial charge >= 0.3 is 0 Å². The maximum absolute atomic E-state index is 6.31. The van der Waals surface area contributed by atoms with Gasteiger partial charge in [-0.05, 0) is 72.5 Å². The van der Waals surface area contributed by atoms with Crippen molar-refractivity contribution in [2.75, 3.05) is 65.6 Å². The number of hydrogen-bond donors (Lipinski definition) is 0. The average molecular weight is 687 g/mol. The van der Waals surface area contributed by atoms with E-state index in [0.29, 0.717) is 10.8 Å². The molecule has 33 heavy (non-hydrogen) atoms. The number of halogens is 2. The molecule has 0 aromatic heterocycles. The Labute approximate surface area is 228 Å². The molecule has 0 N–H and O–H groups in total. The van der Waals surface area contributed by atoms with Crippen molar-refractivity contribution in [3.05, 3.63) is 0 Å². The highest BCUT2D eigenvalue weighted by molar-refractivity contribution is 14.1. The summed E-state index contributed by atoms with van der Waals surface area (Å²) in [6.07, 6.45) is 9.54. The van der Waals surface area contributed by atoms with E-state index in [0.717, 1.165) is 72.5 Å². The Bertz CT molecular complexity index is 753. The van der Waals surface area contributed by atoms with Gasteiger partial charge in [0.1, 0.15) is 0 Å². The summed E-state index contributed by atoms with van der Waals surface area (Å²) < 4.78 is 14.7. The summed E-state index contributed by atoms with van der Waals surface area (Å²) in [6, 6.07) is 0. The van der Waals surface area contributed by atoms with Crippen LogP contribution >= 0.6 is 45.2 Å². The lowest BCUT2D eigenvalue weighted by Crippen LogP contribution is -2.49. The Hall–Kier alpha value is 1.26. The molecule has 0 saturated heterocycles. The summed E-state index contributed by atoms with van der Waals surface area (Å²) in [4.78, 5) is 5.84. The van der Waals surface area contributed by atoms with E-state index in [9.17, 15) is 0 Å². The van der Waals surface area contributed by atoms with Crippen LogP contribution in [0.4, 0.5) is 0 Å². The van der Waals surface area contributed by atoms with Gasteiger partial charge in [0.05, 0.1) is 40.5 Å². The lowest BCUT2D eigenvalue weighted by atomic mass is 9.64. The lowest BCUT2D eigenvalue weighted by Gasteiger charge is -2.43. The second-order valence-corrected chi connectivity index (χ2v) is 15.2. The highest BCUT2D eigenvalue weighted by Crippen LogP contribution is 3.13. The van der Waals surface area contributed by atoms with Crippen LogP contribution in [-0.2, 0) is 14.3 Å². The summed E-state index contributed by atoms with van der Waals surface area (Å²) in [5.74, 6) is 3.02. The van der Waals surface area contributed by atoms with Crippen LogP contribution in [0.25, 0.3) is 0 Å². The van der Waals surface area contributed by atoms with Crippen LogP contribution in [0, 0.1) is 39.4 Å². The van der Waals surface area contributed by atoms with Gasteiger partial charge < -0.3 is 9.47 Å². The third kappa shape index (κ3) is 3.90. The highest BCUT2D eigenvalue weighted by atomic mass is 127. The predicted molar refractivity (Wildman–Crippen MR) is 148 cm³/mol. The van der Waals surface area contributed by atoms with E-state index >= 15 is 0 Å². The van der Waals surface area contributed by atoms with E-state index in [1.165, 1.54) is 43.0 Å². The molecule has 7 heteroatoms. The van der Waals surface area contributed by atoms with E-state index in [4.69, 9.17) is 14.3 Å². The van der Waals surface area contributed by atoms with Crippen molar-refractivity contribution < 1.29 is 18.8 Å². The largest absolute Gasteiger partial charge is 0.381 e. The van der Waals surface area contributed by atoms with Gasteiger partial charge in [-0.3, -0.25) is 4.48 Å². The van der Waals surface area contributed by atoms with E-state index in [1.807, 2.05) is 14.1 Å². The monoisotopic (exact) mass is 687 g/mol. The van der Waals surface area contributed by atoms with Crippen LogP contribution in [-0.4, -0.2) is 79.4 Å². The van der Waals surface area contributed by atoms with Crippen molar-refractivity contribution in [1.82, 2.24) is 5.06 Å². The fourth-order valence-corrected chi connectivity index (χ4v) is 9.98. The summed E-state index contributed by atoms with van der Waals surface area (Å²) in [5, 5.41) is 1.80. The zero-order valence-electron chi connectivity index (χ0n) is 21.4. The molecule has 8 unspecified atom stereocenters. The first-order valence-electron chi connectivity index (χ1n) is 13.1. The van der Waals surface area contributed by atoms with Crippen molar-refractivity contribution in [2.24, 2.45) is 39.4 Å². The number of quaternary nitrogens is 1. The molecule has 190 valence electrons. The topological polar surface area (TPSA) is 30.9 Å². The Kier molecular flexibility index (Phi) is 7.01. The molecule has 0 aromatic carbocycles. The van der Waals surface area contributed by atoms with Gasteiger partial charge in [0.25, 0.3) is 4.23 Å². The number of ether oxygens (including phenoxy) is 2. The zero-order valence-corrected chi connectivity index (χ0v) is 25.7. The summed E-state index contributed by atoms with van der Waals surface area (Å²) in [7, 11) is 8.38. The molecular formula is C26H45I2N2O3+. The molecule has 5 fully saturated rings. The Morgan fingerprint density at radius 2 is 1.76 bits per heavy atom. The zero-order chi connectivity index (χ0) is 23.7. The first kappa shape index (κ1) is 25.9. The normalized spacial score (nSPS) is 45.3. The molecule has 0 aliphatic heterocycles. The maximum atomic E-state index is 6.31. The Morgan fingerprint density at radius 3 is 2.48 bits per heavy atom. The minimum atomic E-state index is 0.121. The van der Waals surface area contributed by atoms with Crippen LogP contribution in [0.3, 0.4) is 0 Å². The van der Waals surface area contributed by atoms with E-state index in [1.54, 1.807) is 5.06 Å². The molecule has 8 atom stereocenters. The molecule has 5 saturated carbocycles. The lowest BCUT2D eigenvalue weighted by molar-refractivity contribution is -0.921. The van der Waals surface area contributed by atoms with Crippen molar-refractivity contribution in [2.45, 2.75) is 56.1 Å². The highest BCUT2D eigenvalue weighted by Gasteiger charge is 3.10. The predicted octanol–water partition coefficient (Wildman–Crippen LogP) is 5.36. The molecule has 5 rings (SSSR count). The van der Waals surface area contributed by atoms with E-state index < -0.39 is 0 Å². The van der Waals surface area contributed by atoms with Crippen LogP contribution in [0.15, 0.2) is 0 Å². The van der Waals surface area contributed by atoms with Crippen LogP contribution in [0.2, 0.25) is 0 Å². The molecule has 0 aromatic rings. The summed E-state index contributed by atoms with van der Waals surface area (Å²) in [5.41, 5.74) is 2.51. The van der Waals surface area contributed by atoms with Crippen LogP contribution in [0.5, 0.6) is 0 Å². The summed E-state index contributed by atoms with van der Waals surface area (Å²) >= 11 is 4.86. The van der Waals surface area contributed by atoms with E-state index in [-0.39, 0.29) is 4.23 Å². The van der Waals surface area contributed by atoms with Gasteiger partial charge in [-0.15, -0.1) is 0 Å². The molecule has 5 aliphatic rings. The fourth-order valence-electron chi connectivity index (χ4n) is 8.94. The van der Waals surface area contributed by atoms with Gasteiger partial charge in [-0.1, -0.05) is 29.5 Å². The number of alkyl halides is 2. The first-order valence-corrected chi connectivity index (χ1v) is 15.9. The van der Waals surface area contributed by atoms with Crippen LogP contribution < -0.4 is 0 Å². The SMILES string of the molecule is CN(C)OC(I)[N+](C)(C)CCCOCC1(C)CCC2C(C1)C1CC13C1(COCCCI)CC213. The minimum absolute atomic E-state index is 0.121. The molecule has 2 spiro atoms. The molecule has 0 heterocycles. The standard InChI is InChI=1S/C26H45I2N2O3/c1-23(17-31-13-7-11-30(4,5)22(28)33-29(2)3)9-8-20-19(14-23)21-15-25(21)24(16-26(20,24)25)18-32-12-6-10-27/h19-22H,6-18H2,1-5H3/q+1. The van der Waals surface area contributed by atoms with Gasteiger partial charge in [0.15, 0.2) is 0 Å². The Morgan fingerprint density at radius 1 is 1.03 bits per heavy atom. The van der Waals surface area contributed by atoms with Gasteiger partial charge in [0.2, 0.25) is 0 Å². The number of hydroxylamine groups is 2. The van der Waals surface area contributed by atoms with Crippen LogP contribution in [0.1, 0.15) is 51.9 Å². The molecule has 0 bridgehead atoms. The van der Waals surface area contributed by atoms with Crippen molar-refractivity contribution in [3.63, 3.8) is 0 Å². The second kappa shape index (κ2) is 8.93. The van der Waals surface area contributed by atoms with Gasteiger partial charge in [0, 0.05) is 59.6 Å². The van der Waals surface area contributed by atoms with Crippen molar-refractivity contribution in [3.8, 4) is 0 Å². The third-order valence-corrected chi connectivity index (χ3v) is 13.0. The van der Waals surface area contributed by atoms with Crippen molar-refractivity contribution >= 4 is 45.2 Å². The number of hydrogen-bond acceptors (Lipinski definition) is 4. The number of rotatable bonds is 14. The smallest absolute Gasteiger partial charge is 0.261 e. The second-order valence-electron chi connectivity index (χ2n) is 13.0. The quantitative estimate of drug-likeness (QED) is 0.0469. The van der Waals surface area contributed by atoms with Gasteiger partial charge in [-0.25, -0.2) is 4.84 Å². The third-order valence-electron chi connectivity index (χ3n) is 10.5. The number of fused-ring (bicyclic) bond motifs is 2. The number of nitrogens with zero attached hydrogens (tertiary/aromatic N) is 2. The first-order chi connectivity index (χ1) is 15.6. The Balaban J connectivity index is 1.05. The fraction of sp³-hybridized carbons (Fsp3) is 1.00. The summed E-state index contributed by atoms with van der Waals surface area (Å²) in [6.45, 7) is 7.45. The van der Waals surface area contributed by atoms with Gasteiger partial charge in [-0.2, -0.15) is 5.06 Å². The molecule has 0 radical (unpaired) electrons. The molecular weight excluding hydrogens is 642 g/mol. The molecule has 5 nitrogen and oxygen atoms in total. The molecule has 5 aliphatic carbocycles. The van der Waals surface area contributed by atoms with Crippen molar-refractivity contribution in [1.29, 1.82) is 0 Å².